The van der Waals surface area contributed by atoms with Gasteiger partial charge in [-0.05, 0) is 0 Å². The van der Waals surface area contributed by atoms with E-state index in [1.54, 1.807) is 0 Å². The van der Waals surface area contributed by atoms with E-state index < -0.39 is 7.82 Å². The Kier molecular flexibility index (Phi) is 6.98. The van der Waals surface area contributed by atoms with E-state index in [0.29, 0.717) is 0 Å². The summed E-state index contributed by atoms with van der Waals surface area (Å²) in [7, 11) is -1.45. The van der Waals surface area contributed by atoms with Crippen LogP contribution in [0.5, 0.6) is 0 Å². The average molecular weight is 251 g/mol. The molecule has 6 heteroatoms. The van der Waals surface area contributed by atoms with Crippen LogP contribution in [0.25, 0.3) is 0 Å². The van der Waals surface area contributed by atoms with Crippen LogP contribution in [0.2, 0.25) is 0 Å². The summed E-state index contributed by atoms with van der Waals surface area (Å²) in [4.78, 5) is 8.24. The normalized spacial score (nSPS) is 10.4. The van der Waals surface area contributed by atoms with Crippen molar-refractivity contribution in [1.29, 1.82) is 0 Å². The summed E-state index contributed by atoms with van der Waals surface area (Å²) in [5, 5.41) is 0. The molecule has 0 amide bonds. The Morgan fingerprint density at radius 2 is 1.62 bits per heavy atom. The van der Waals surface area contributed by atoms with Gasteiger partial charge in [-0.3, -0.25) is 9.05 Å². The minimum absolute atomic E-state index is 0. The molecule has 0 rings (SSSR count). The number of hydrogen-bond acceptors (Lipinski definition) is 3. The fraction of sp³-hybridized carbons (Fsp3) is 1.00. The van der Waals surface area contributed by atoms with Crippen molar-refractivity contribution in [2.24, 2.45) is 0 Å². The van der Waals surface area contributed by atoms with E-state index in [4.69, 9.17) is 4.89 Å². The Bertz CT molecular complexity index is 86.0. The number of rotatable bonds is 2. The molecule has 8 heavy (non-hydrogen) atoms. The molecule has 0 heterocycles. The van der Waals surface area contributed by atoms with Crippen molar-refractivity contribution < 1.29 is 18.5 Å². The molecule has 0 aliphatic heterocycles. The summed E-state index contributed by atoms with van der Waals surface area (Å²) in [6, 6.07) is 0. The Labute approximate surface area is 65.2 Å². The molecule has 0 unspecified atom stereocenters. The molecule has 0 bridgehead atoms. The monoisotopic (exact) mass is 250 g/mol. The van der Waals surface area contributed by atoms with E-state index in [0.717, 1.165) is 14.2 Å². The standard InChI is InChI=1S/C2H7O4P.Sb.3H/c1-5-7(3,4)6-2;;;;/h1-2H3,(H,3,4);;;;. The molecule has 0 spiro atoms. The molecule has 4 nitrogen and oxygen atoms in total. The van der Waals surface area contributed by atoms with E-state index in [2.05, 4.69) is 9.05 Å². The Balaban J connectivity index is 0. The summed E-state index contributed by atoms with van der Waals surface area (Å²) in [6.45, 7) is 0. The fourth-order valence-corrected chi connectivity index (χ4v) is 0.224. The zero-order valence-corrected chi connectivity index (χ0v) is 9.76. The van der Waals surface area contributed by atoms with Crippen molar-refractivity contribution in [2.75, 3.05) is 14.2 Å². The quantitative estimate of drug-likeness (QED) is 0.515. The molecule has 0 saturated heterocycles. The summed E-state index contributed by atoms with van der Waals surface area (Å²) < 4.78 is 18.0. The van der Waals surface area contributed by atoms with Crippen molar-refractivity contribution in [3.63, 3.8) is 0 Å². The molecular formula is C2H10O4PSb. The molecule has 1 N–H and O–H groups in total. The van der Waals surface area contributed by atoms with Gasteiger partial charge in [-0.2, -0.15) is 0 Å². The van der Waals surface area contributed by atoms with Crippen molar-refractivity contribution in [2.45, 2.75) is 0 Å². The summed E-state index contributed by atoms with van der Waals surface area (Å²) in [6.07, 6.45) is 0. The van der Waals surface area contributed by atoms with Crippen LogP contribution in [0.4, 0.5) is 0 Å². The van der Waals surface area contributed by atoms with Gasteiger partial charge in [-0.15, -0.1) is 0 Å². The maximum absolute atomic E-state index is 10.1. The second-order valence-electron chi connectivity index (χ2n) is 0.834. The Morgan fingerprint density at radius 3 is 1.62 bits per heavy atom. The van der Waals surface area contributed by atoms with Gasteiger partial charge in [0, 0.05) is 14.2 Å². The van der Waals surface area contributed by atoms with Gasteiger partial charge in [0.05, 0.1) is 0 Å². The van der Waals surface area contributed by atoms with Gasteiger partial charge < -0.3 is 4.89 Å². The van der Waals surface area contributed by atoms with Crippen LogP contribution in [-0.2, 0) is 13.6 Å². The molecule has 0 atom stereocenters. The third-order valence-electron chi connectivity index (χ3n) is 0.461. The Hall–Kier alpha value is 0.928. The van der Waals surface area contributed by atoms with Crippen LogP contribution in [0.3, 0.4) is 0 Å². The summed E-state index contributed by atoms with van der Waals surface area (Å²) in [5.74, 6) is 0. The summed E-state index contributed by atoms with van der Waals surface area (Å²) >= 11 is 0. The minimum atomic E-state index is -3.65. The van der Waals surface area contributed by atoms with Gasteiger partial charge >= 0.3 is 32.3 Å². The molecule has 0 radical (unpaired) electrons. The zero-order chi connectivity index (χ0) is 5.91. The van der Waals surface area contributed by atoms with Crippen molar-refractivity contribution in [3.8, 4) is 0 Å². The topological polar surface area (TPSA) is 55.8 Å². The van der Waals surface area contributed by atoms with Gasteiger partial charge in [-0.25, -0.2) is 4.57 Å². The van der Waals surface area contributed by atoms with Crippen LogP contribution in [-0.4, -0.2) is 43.5 Å². The molecule has 52 valence electrons. The number of phosphoric ester groups is 1. The first kappa shape index (κ1) is 11.7. The average Bonchev–Trinajstić information content (AvgIpc) is 1.68. The van der Waals surface area contributed by atoms with Crippen molar-refractivity contribution in [1.82, 2.24) is 0 Å². The summed E-state index contributed by atoms with van der Waals surface area (Å²) in [5.41, 5.74) is 0. The number of phosphoric acid groups is 1. The predicted octanol–water partition coefficient (Wildman–Crippen LogP) is -0.804. The third kappa shape index (κ3) is 5.07. The van der Waals surface area contributed by atoms with Crippen molar-refractivity contribution >= 4 is 32.3 Å². The molecule has 0 aliphatic rings. The maximum atomic E-state index is 10.1. The first-order valence-corrected chi connectivity index (χ1v) is 3.06. The molecule has 0 aromatic rings. The first-order valence-electron chi connectivity index (χ1n) is 1.56. The third-order valence-corrected chi connectivity index (χ3v) is 1.38. The molecule has 0 fully saturated rings. The van der Waals surface area contributed by atoms with Crippen LogP contribution >= 0.6 is 7.82 Å². The molecule has 0 aliphatic carbocycles. The van der Waals surface area contributed by atoms with Gasteiger partial charge in [0.15, 0.2) is 0 Å². The van der Waals surface area contributed by atoms with Crippen LogP contribution in [0.1, 0.15) is 0 Å². The molecular weight excluding hydrogens is 241 g/mol. The predicted molar refractivity (Wildman–Crippen MR) is 33.8 cm³/mol. The van der Waals surface area contributed by atoms with Crippen LogP contribution in [0, 0.1) is 0 Å². The first-order chi connectivity index (χ1) is 3.12. The zero-order valence-electron chi connectivity index (χ0n) is 4.83. The molecule has 0 aromatic heterocycles. The van der Waals surface area contributed by atoms with E-state index in [9.17, 15) is 4.57 Å². The van der Waals surface area contributed by atoms with Gasteiger partial charge in [0.1, 0.15) is 0 Å². The van der Waals surface area contributed by atoms with Crippen molar-refractivity contribution in [3.05, 3.63) is 0 Å². The van der Waals surface area contributed by atoms with Crippen LogP contribution < -0.4 is 0 Å². The van der Waals surface area contributed by atoms with E-state index in [-0.39, 0.29) is 24.4 Å². The second kappa shape index (κ2) is 4.77. The van der Waals surface area contributed by atoms with Crippen LogP contribution in [0.15, 0.2) is 0 Å². The fourth-order valence-electron chi connectivity index (χ4n) is 0.0745. The molecule has 0 aromatic carbocycles. The van der Waals surface area contributed by atoms with E-state index in [1.807, 2.05) is 0 Å². The van der Waals surface area contributed by atoms with E-state index >= 15 is 0 Å². The Morgan fingerprint density at radius 1 is 1.38 bits per heavy atom. The second-order valence-corrected chi connectivity index (χ2v) is 2.50. The SMILES string of the molecule is COP(=O)(O)OC.[SbH3]. The van der Waals surface area contributed by atoms with E-state index in [1.165, 1.54) is 0 Å². The van der Waals surface area contributed by atoms with Gasteiger partial charge in [0.2, 0.25) is 0 Å². The number of hydrogen-bond donors (Lipinski definition) is 1. The molecule has 0 saturated carbocycles. The van der Waals surface area contributed by atoms with Gasteiger partial charge in [-0.1, -0.05) is 0 Å². The van der Waals surface area contributed by atoms with Gasteiger partial charge in [0.25, 0.3) is 0 Å².